The van der Waals surface area contributed by atoms with Crippen molar-refractivity contribution in [1.29, 1.82) is 0 Å². The van der Waals surface area contributed by atoms with Crippen LogP contribution in [0.3, 0.4) is 0 Å². The quantitative estimate of drug-likeness (QED) is 0.583. The number of ether oxygens (including phenoxy) is 2. The predicted molar refractivity (Wildman–Crippen MR) is 75.4 cm³/mol. The summed E-state index contributed by atoms with van der Waals surface area (Å²) in [6.45, 7) is 7.31. The van der Waals surface area contributed by atoms with E-state index in [-0.39, 0.29) is 12.0 Å². The van der Waals surface area contributed by atoms with E-state index < -0.39 is 0 Å². The van der Waals surface area contributed by atoms with Crippen LogP contribution in [0.1, 0.15) is 31.1 Å². The lowest BCUT2D eigenvalue weighted by Gasteiger charge is -2.10. The average molecular weight is 266 g/mol. The summed E-state index contributed by atoms with van der Waals surface area (Å²) < 4.78 is 10.7. The van der Waals surface area contributed by atoms with Gasteiger partial charge in [0, 0.05) is 12.1 Å². The minimum atomic E-state index is -0.165. The van der Waals surface area contributed by atoms with E-state index in [0.717, 1.165) is 0 Å². The molecule has 0 aliphatic heterocycles. The van der Waals surface area contributed by atoms with Crippen molar-refractivity contribution < 1.29 is 14.3 Å². The lowest BCUT2D eigenvalue weighted by molar-refractivity contribution is 0.0746. The van der Waals surface area contributed by atoms with Crippen LogP contribution in [0.5, 0.6) is 5.75 Å². The van der Waals surface area contributed by atoms with Crippen molar-refractivity contribution in [3.05, 3.63) is 23.8 Å². The molecule has 0 saturated carbocycles. The summed E-state index contributed by atoms with van der Waals surface area (Å²) in [5, 5.41) is 2.77. The van der Waals surface area contributed by atoms with E-state index in [4.69, 9.17) is 15.2 Å². The van der Waals surface area contributed by atoms with E-state index in [9.17, 15) is 4.79 Å². The molecule has 106 valence electrons. The van der Waals surface area contributed by atoms with Crippen LogP contribution in [0.4, 0.5) is 5.69 Å². The third-order valence-electron chi connectivity index (χ3n) is 2.41. The molecule has 0 aliphatic rings. The maximum Gasteiger partial charge on any atom is 0.251 e. The van der Waals surface area contributed by atoms with Gasteiger partial charge in [-0.05, 0) is 39.0 Å². The second-order valence-corrected chi connectivity index (χ2v) is 4.36. The Balaban J connectivity index is 2.50. The minimum Gasteiger partial charge on any atom is -0.492 e. The van der Waals surface area contributed by atoms with Crippen molar-refractivity contribution in [1.82, 2.24) is 5.32 Å². The zero-order valence-electron chi connectivity index (χ0n) is 11.7. The topological polar surface area (TPSA) is 73.6 Å². The van der Waals surface area contributed by atoms with Crippen LogP contribution in [0, 0.1) is 0 Å². The molecule has 1 rings (SSSR count). The Hall–Kier alpha value is -1.75. The number of anilines is 1. The summed E-state index contributed by atoms with van der Waals surface area (Å²) in [6.07, 6.45) is 0.165. The molecule has 3 N–H and O–H groups in total. The molecule has 0 bridgehead atoms. The maximum absolute atomic E-state index is 11.8. The largest absolute Gasteiger partial charge is 0.492 e. The predicted octanol–water partition coefficient (Wildman–Crippen LogP) is 1.82. The Labute approximate surface area is 114 Å². The van der Waals surface area contributed by atoms with Gasteiger partial charge in [-0.15, -0.1) is 0 Å². The maximum atomic E-state index is 11.8. The molecule has 5 heteroatoms. The highest BCUT2D eigenvalue weighted by atomic mass is 16.5. The van der Waals surface area contributed by atoms with Gasteiger partial charge in [-0.1, -0.05) is 0 Å². The second kappa shape index (κ2) is 7.63. The highest BCUT2D eigenvalue weighted by Gasteiger charge is 2.08. The first-order valence-corrected chi connectivity index (χ1v) is 6.46. The van der Waals surface area contributed by atoms with Gasteiger partial charge in [0.15, 0.2) is 0 Å². The van der Waals surface area contributed by atoms with Gasteiger partial charge in [-0.25, -0.2) is 0 Å². The SMILES string of the molecule is CCOc1ccc(C(=O)NCCOC(C)C)cc1N. The van der Waals surface area contributed by atoms with E-state index in [1.54, 1.807) is 18.2 Å². The molecule has 0 unspecified atom stereocenters. The number of rotatable bonds is 7. The lowest BCUT2D eigenvalue weighted by atomic mass is 10.2. The first-order chi connectivity index (χ1) is 9.04. The van der Waals surface area contributed by atoms with Crippen molar-refractivity contribution in [3.63, 3.8) is 0 Å². The Morgan fingerprint density at radius 1 is 1.42 bits per heavy atom. The van der Waals surface area contributed by atoms with Gasteiger partial charge >= 0.3 is 0 Å². The molecular formula is C14H22N2O3. The zero-order chi connectivity index (χ0) is 14.3. The summed E-state index contributed by atoms with van der Waals surface area (Å²) >= 11 is 0. The third kappa shape index (κ3) is 5.18. The van der Waals surface area contributed by atoms with Crippen molar-refractivity contribution in [2.75, 3.05) is 25.5 Å². The van der Waals surface area contributed by atoms with Crippen molar-refractivity contribution in [2.24, 2.45) is 0 Å². The number of nitrogen functional groups attached to an aromatic ring is 1. The Morgan fingerprint density at radius 3 is 2.74 bits per heavy atom. The minimum absolute atomic E-state index is 0.165. The summed E-state index contributed by atoms with van der Waals surface area (Å²) in [5.41, 5.74) is 6.79. The van der Waals surface area contributed by atoms with E-state index in [2.05, 4.69) is 5.32 Å². The number of nitrogens with one attached hydrogen (secondary N) is 1. The molecule has 19 heavy (non-hydrogen) atoms. The molecule has 0 heterocycles. The van der Waals surface area contributed by atoms with Crippen LogP contribution >= 0.6 is 0 Å². The van der Waals surface area contributed by atoms with E-state index in [1.807, 2.05) is 20.8 Å². The van der Waals surface area contributed by atoms with E-state index in [0.29, 0.717) is 36.8 Å². The van der Waals surface area contributed by atoms with Crippen LogP contribution in [0.25, 0.3) is 0 Å². The first-order valence-electron chi connectivity index (χ1n) is 6.46. The monoisotopic (exact) mass is 266 g/mol. The molecule has 0 atom stereocenters. The lowest BCUT2D eigenvalue weighted by Crippen LogP contribution is -2.28. The first kappa shape index (κ1) is 15.3. The number of carbonyl (C=O) groups is 1. The third-order valence-corrected chi connectivity index (χ3v) is 2.41. The van der Waals surface area contributed by atoms with E-state index >= 15 is 0 Å². The fourth-order valence-corrected chi connectivity index (χ4v) is 1.54. The Kier molecular flexibility index (Phi) is 6.15. The molecule has 0 radical (unpaired) electrons. The van der Waals surface area contributed by atoms with Crippen molar-refractivity contribution in [2.45, 2.75) is 26.9 Å². The van der Waals surface area contributed by atoms with Crippen molar-refractivity contribution >= 4 is 11.6 Å². The Morgan fingerprint density at radius 2 is 2.16 bits per heavy atom. The normalized spacial score (nSPS) is 10.5. The highest BCUT2D eigenvalue weighted by molar-refractivity contribution is 5.95. The zero-order valence-corrected chi connectivity index (χ0v) is 11.7. The highest BCUT2D eigenvalue weighted by Crippen LogP contribution is 2.22. The van der Waals surface area contributed by atoms with Gasteiger partial charge in [0.2, 0.25) is 0 Å². The average Bonchev–Trinajstić information content (AvgIpc) is 2.36. The smallest absolute Gasteiger partial charge is 0.251 e. The van der Waals surface area contributed by atoms with Gasteiger partial charge in [0.25, 0.3) is 5.91 Å². The molecule has 1 aromatic carbocycles. The van der Waals surface area contributed by atoms with Crippen LogP contribution in [-0.4, -0.2) is 31.8 Å². The van der Waals surface area contributed by atoms with Gasteiger partial charge in [-0.3, -0.25) is 4.79 Å². The molecule has 1 aromatic rings. The summed E-state index contributed by atoms with van der Waals surface area (Å²) in [5.74, 6) is 0.435. The van der Waals surface area contributed by atoms with Gasteiger partial charge in [-0.2, -0.15) is 0 Å². The number of amides is 1. The van der Waals surface area contributed by atoms with Gasteiger partial charge < -0.3 is 20.5 Å². The van der Waals surface area contributed by atoms with E-state index in [1.165, 1.54) is 0 Å². The molecule has 0 spiro atoms. The van der Waals surface area contributed by atoms with Gasteiger partial charge in [0.05, 0.1) is 25.0 Å². The molecule has 5 nitrogen and oxygen atoms in total. The number of nitrogens with two attached hydrogens (primary N) is 1. The molecule has 0 fully saturated rings. The molecule has 0 aliphatic carbocycles. The van der Waals surface area contributed by atoms with Crippen LogP contribution in [-0.2, 0) is 4.74 Å². The number of hydrogen-bond acceptors (Lipinski definition) is 4. The number of benzene rings is 1. The molecule has 0 aromatic heterocycles. The standard InChI is InChI=1S/C14H22N2O3/c1-4-18-13-6-5-11(9-12(13)15)14(17)16-7-8-19-10(2)3/h5-6,9-10H,4,7-8,15H2,1-3H3,(H,16,17). The fourth-order valence-electron chi connectivity index (χ4n) is 1.54. The summed E-state index contributed by atoms with van der Waals surface area (Å²) in [7, 11) is 0. The van der Waals surface area contributed by atoms with Crippen LogP contribution in [0.15, 0.2) is 18.2 Å². The second-order valence-electron chi connectivity index (χ2n) is 4.36. The molecule has 0 saturated heterocycles. The molecular weight excluding hydrogens is 244 g/mol. The van der Waals surface area contributed by atoms with Crippen LogP contribution in [0.2, 0.25) is 0 Å². The van der Waals surface area contributed by atoms with Crippen LogP contribution < -0.4 is 15.8 Å². The number of carbonyl (C=O) groups excluding carboxylic acids is 1. The fraction of sp³-hybridized carbons (Fsp3) is 0.500. The summed E-state index contributed by atoms with van der Waals surface area (Å²) in [4.78, 5) is 11.8. The van der Waals surface area contributed by atoms with Gasteiger partial charge in [0.1, 0.15) is 5.75 Å². The van der Waals surface area contributed by atoms with Crippen molar-refractivity contribution in [3.8, 4) is 5.75 Å². The molecule has 1 amide bonds. The Bertz CT molecular complexity index is 419. The number of hydrogen-bond donors (Lipinski definition) is 2. The summed E-state index contributed by atoms with van der Waals surface area (Å²) in [6, 6.07) is 5.02.